The van der Waals surface area contributed by atoms with Crippen LogP contribution in [0, 0.1) is 0 Å². The molecule has 98 valence electrons. The van der Waals surface area contributed by atoms with Crippen molar-refractivity contribution < 1.29 is 14.3 Å². The van der Waals surface area contributed by atoms with Crippen LogP contribution in [0.2, 0.25) is 0 Å². The maximum Gasteiger partial charge on any atom is 0.254 e. The summed E-state index contributed by atoms with van der Waals surface area (Å²) in [6.07, 6.45) is -0.286. The van der Waals surface area contributed by atoms with Gasteiger partial charge in [0.25, 0.3) is 5.91 Å². The van der Waals surface area contributed by atoms with E-state index in [4.69, 9.17) is 10.5 Å². The minimum Gasteiger partial charge on any atom is -0.368 e. The molecule has 0 heterocycles. The molecule has 18 heavy (non-hydrogen) atoms. The van der Waals surface area contributed by atoms with Crippen LogP contribution in [-0.4, -0.2) is 25.0 Å². The normalized spacial score (nSPS) is 13.7. The van der Waals surface area contributed by atoms with Gasteiger partial charge in [0.05, 0.1) is 0 Å². The van der Waals surface area contributed by atoms with Gasteiger partial charge in [-0.15, -0.1) is 0 Å². The number of amides is 2. The van der Waals surface area contributed by atoms with Crippen molar-refractivity contribution in [1.82, 2.24) is 5.32 Å². The summed E-state index contributed by atoms with van der Waals surface area (Å²) in [6, 6.07) is 8.41. The number of ether oxygens (including phenoxy) is 1. The summed E-state index contributed by atoms with van der Waals surface area (Å²) >= 11 is 0. The van der Waals surface area contributed by atoms with Gasteiger partial charge < -0.3 is 15.8 Å². The topological polar surface area (TPSA) is 81.4 Å². The molecule has 2 atom stereocenters. The predicted molar refractivity (Wildman–Crippen MR) is 67.6 cm³/mol. The molecule has 0 bridgehead atoms. The molecule has 1 aromatic carbocycles. The number of rotatable bonds is 6. The first-order valence-electron chi connectivity index (χ1n) is 5.77. The van der Waals surface area contributed by atoms with Gasteiger partial charge in [-0.05, 0) is 12.0 Å². The summed E-state index contributed by atoms with van der Waals surface area (Å²) in [5.74, 6) is -0.914. The van der Waals surface area contributed by atoms with E-state index < -0.39 is 18.1 Å². The van der Waals surface area contributed by atoms with Gasteiger partial charge in [0.15, 0.2) is 6.10 Å². The summed E-state index contributed by atoms with van der Waals surface area (Å²) in [4.78, 5) is 23.1. The lowest BCUT2D eigenvalue weighted by Crippen LogP contribution is -2.46. The Morgan fingerprint density at radius 1 is 1.33 bits per heavy atom. The van der Waals surface area contributed by atoms with Crippen LogP contribution in [-0.2, 0) is 14.3 Å². The van der Waals surface area contributed by atoms with E-state index in [0.717, 1.165) is 5.56 Å². The first kappa shape index (κ1) is 14.2. The van der Waals surface area contributed by atoms with Gasteiger partial charge in [-0.25, -0.2) is 0 Å². The summed E-state index contributed by atoms with van der Waals surface area (Å²) in [5.41, 5.74) is 5.91. The second-order valence-corrected chi connectivity index (χ2v) is 3.90. The second-order valence-electron chi connectivity index (χ2n) is 3.90. The zero-order chi connectivity index (χ0) is 13.5. The Balaban J connectivity index is 2.78. The molecule has 0 radical (unpaired) electrons. The Morgan fingerprint density at radius 2 is 1.94 bits per heavy atom. The standard InChI is InChI=1S/C13H18N2O3/c1-3-10(12(14)16)15-13(17)11(18-2)9-7-5-4-6-8-9/h4-8,10-11H,3H2,1-2H3,(H2,14,16)(H,15,17)/t10-,11+/m1/s1. The fourth-order valence-corrected chi connectivity index (χ4v) is 1.64. The van der Waals surface area contributed by atoms with Crippen LogP contribution < -0.4 is 11.1 Å². The number of hydrogen-bond donors (Lipinski definition) is 2. The van der Waals surface area contributed by atoms with Gasteiger partial charge in [0.1, 0.15) is 6.04 Å². The number of carbonyl (C=O) groups is 2. The Labute approximate surface area is 106 Å². The molecule has 0 aliphatic heterocycles. The molecule has 2 amide bonds. The number of hydrogen-bond acceptors (Lipinski definition) is 3. The molecule has 0 aliphatic rings. The highest BCUT2D eigenvalue weighted by atomic mass is 16.5. The monoisotopic (exact) mass is 250 g/mol. The van der Waals surface area contributed by atoms with Crippen molar-refractivity contribution in [3.05, 3.63) is 35.9 Å². The van der Waals surface area contributed by atoms with E-state index in [2.05, 4.69) is 5.32 Å². The van der Waals surface area contributed by atoms with Crippen molar-refractivity contribution in [1.29, 1.82) is 0 Å². The van der Waals surface area contributed by atoms with Crippen molar-refractivity contribution in [2.24, 2.45) is 5.73 Å². The molecular formula is C13H18N2O3. The maximum absolute atomic E-state index is 12.0. The van der Waals surface area contributed by atoms with E-state index in [1.54, 1.807) is 19.1 Å². The van der Waals surface area contributed by atoms with E-state index in [9.17, 15) is 9.59 Å². The molecule has 0 saturated heterocycles. The molecule has 3 N–H and O–H groups in total. The van der Waals surface area contributed by atoms with Crippen molar-refractivity contribution >= 4 is 11.8 Å². The van der Waals surface area contributed by atoms with E-state index in [-0.39, 0.29) is 5.91 Å². The van der Waals surface area contributed by atoms with Gasteiger partial charge in [-0.1, -0.05) is 37.3 Å². The SMILES string of the molecule is CC[C@@H](NC(=O)[C@@H](OC)c1ccccc1)C(N)=O. The summed E-state index contributed by atoms with van der Waals surface area (Å²) in [7, 11) is 1.45. The number of carbonyl (C=O) groups excluding carboxylic acids is 2. The highest BCUT2D eigenvalue weighted by molar-refractivity contribution is 5.89. The molecule has 0 saturated carbocycles. The smallest absolute Gasteiger partial charge is 0.254 e. The third-order valence-corrected chi connectivity index (χ3v) is 2.64. The first-order valence-corrected chi connectivity index (χ1v) is 5.77. The summed E-state index contributed by atoms with van der Waals surface area (Å²) in [6.45, 7) is 1.78. The Morgan fingerprint density at radius 3 is 2.39 bits per heavy atom. The van der Waals surface area contributed by atoms with Gasteiger partial charge in [0.2, 0.25) is 5.91 Å². The number of primary amides is 1. The lowest BCUT2D eigenvalue weighted by Gasteiger charge is -2.19. The number of benzene rings is 1. The van der Waals surface area contributed by atoms with E-state index >= 15 is 0 Å². The lowest BCUT2D eigenvalue weighted by atomic mass is 10.1. The number of nitrogens with two attached hydrogens (primary N) is 1. The van der Waals surface area contributed by atoms with E-state index in [1.807, 2.05) is 18.2 Å². The highest BCUT2D eigenvalue weighted by Crippen LogP contribution is 2.16. The van der Waals surface area contributed by atoms with Crippen LogP contribution in [0.5, 0.6) is 0 Å². The zero-order valence-corrected chi connectivity index (χ0v) is 10.6. The van der Waals surface area contributed by atoms with Gasteiger partial charge in [0, 0.05) is 7.11 Å². The molecule has 5 heteroatoms. The third-order valence-electron chi connectivity index (χ3n) is 2.64. The Bertz CT molecular complexity index is 406. The fraction of sp³-hybridized carbons (Fsp3) is 0.385. The number of methoxy groups -OCH3 is 1. The Kier molecular flexibility index (Phi) is 5.32. The van der Waals surface area contributed by atoms with Crippen LogP contribution in [0.15, 0.2) is 30.3 Å². The van der Waals surface area contributed by atoms with E-state index in [0.29, 0.717) is 6.42 Å². The molecular weight excluding hydrogens is 232 g/mol. The summed E-state index contributed by atoms with van der Waals surface area (Å²) in [5, 5.41) is 2.58. The molecule has 0 aliphatic carbocycles. The molecule has 0 aromatic heterocycles. The van der Waals surface area contributed by atoms with Gasteiger partial charge in [-0.2, -0.15) is 0 Å². The molecule has 0 spiro atoms. The van der Waals surface area contributed by atoms with Crippen LogP contribution >= 0.6 is 0 Å². The minimum atomic E-state index is -0.736. The zero-order valence-electron chi connectivity index (χ0n) is 10.6. The molecule has 1 rings (SSSR count). The molecule has 0 fully saturated rings. The van der Waals surface area contributed by atoms with Crippen molar-refractivity contribution in [2.45, 2.75) is 25.5 Å². The van der Waals surface area contributed by atoms with E-state index in [1.165, 1.54) is 7.11 Å². The predicted octanol–water partition coefficient (Wildman–Crippen LogP) is 0.754. The highest BCUT2D eigenvalue weighted by Gasteiger charge is 2.24. The average molecular weight is 250 g/mol. The van der Waals surface area contributed by atoms with Crippen molar-refractivity contribution in [3.63, 3.8) is 0 Å². The maximum atomic E-state index is 12.0. The van der Waals surface area contributed by atoms with Crippen molar-refractivity contribution in [3.8, 4) is 0 Å². The quantitative estimate of drug-likeness (QED) is 0.781. The number of nitrogens with one attached hydrogen (secondary N) is 1. The van der Waals surface area contributed by atoms with Crippen LogP contribution in [0.1, 0.15) is 25.0 Å². The van der Waals surface area contributed by atoms with Gasteiger partial charge in [-0.3, -0.25) is 9.59 Å². The molecule has 5 nitrogen and oxygen atoms in total. The Hall–Kier alpha value is -1.88. The van der Waals surface area contributed by atoms with Crippen LogP contribution in [0.3, 0.4) is 0 Å². The molecule has 0 unspecified atom stereocenters. The summed E-state index contributed by atoms with van der Waals surface area (Å²) < 4.78 is 5.16. The third kappa shape index (κ3) is 3.56. The average Bonchev–Trinajstić information content (AvgIpc) is 2.37. The van der Waals surface area contributed by atoms with Gasteiger partial charge >= 0.3 is 0 Å². The minimum absolute atomic E-state index is 0.366. The lowest BCUT2D eigenvalue weighted by molar-refractivity contribution is -0.135. The molecule has 1 aromatic rings. The second kappa shape index (κ2) is 6.76. The fourth-order valence-electron chi connectivity index (χ4n) is 1.64. The largest absolute Gasteiger partial charge is 0.368 e. The first-order chi connectivity index (χ1) is 8.60. The van der Waals surface area contributed by atoms with Crippen LogP contribution in [0.4, 0.5) is 0 Å². The van der Waals surface area contributed by atoms with Crippen molar-refractivity contribution in [2.75, 3.05) is 7.11 Å². The van der Waals surface area contributed by atoms with Crippen LogP contribution in [0.25, 0.3) is 0 Å².